The van der Waals surface area contributed by atoms with Crippen LogP contribution in [0.5, 0.6) is 5.75 Å². The molecule has 0 bridgehead atoms. The number of ether oxygens (including phenoxy) is 1. The number of carbonyl (C=O) groups excluding carboxylic acids is 1. The zero-order valence-corrected chi connectivity index (χ0v) is 15.3. The van der Waals surface area contributed by atoms with Gasteiger partial charge in [-0.15, -0.1) is 0 Å². The van der Waals surface area contributed by atoms with Crippen LogP contribution in [0, 0.1) is 11.3 Å². The van der Waals surface area contributed by atoms with E-state index in [1.807, 2.05) is 37.4 Å². The first-order valence-electron chi connectivity index (χ1n) is 8.15. The number of nitrogens with zero attached hydrogens (tertiary/aromatic N) is 1. The van der Waals surface area contributed by atoms with Crippen LogP contribution in [0.3, 0.4) is 0 Å². The quantitative estimate of drug-likeness (QED) is 0.701. The molecule has 0 spiro atoms. The Morgan fingerprint density at radius 2 is 2.08 bits per heavy atom. The summed E-state index contributed by atoms with van der Waals surface area (Å²) in [7, 11) is 1.94. The molecule has 1 amide bonds. The van der Waals surface area contributed by atoms with E-state index in [1.165, 1.54) is 0 Å². The van der Waals surface area contributed by atoms with Gasteiger partial charge < -0.3 is 15.0 Å². The molecule has 0 saturated carbocycles. The second-order valence-corrected chi connectivity index (χ2v) is 6.34. The summed E-state index contributed by atoms with van der Waals surface area (Å²) in [6.07, 6.45) is 1.70. The van der Waals surface area contributed by atoms with E-state index >= 15 is 0 Å². The summed E-state index contributed by atoms with van der Waals surface area (Å²) >= 11 is 5.93. The first-order valence-corrected chi connectivity index (χ1v) is 8.53. The molecule has 2 aromatic rings. The second-order valence-electron chi connectivity index (χ2n) is 5.90. The maximum absolute atomic E-state index is 12.3. The zero-order valence-electron chi connectivity index (χ0n) is 14.6. The van der Waals surface area contributed by atoms with Gasteiger partial charge in [0.25, 0.3) is 5.91 Å². The van der Waals surface area contributed by atoms with Crippen molar-refractivity contribution in [1.29, 1.82) is 5.26 Å². The molecule has 0 radical (unpaired) electrons. The summed E-state index contributed by atoms with van der Waals surface area (Å²) in [5.74, 6) is 0.612. The highest BCUT2D eigenvalue weighted by Crippen LogP contribution is 2.20. The number of nitrogens with one attached hydrogen (secondary N) is 2. The van der Waals surface area contributed by atoms with Crippen molar-refractivity contribution in [2.45, 2.75) is 6.54 Å². The van der Waals surface area contributed by atoms with Crippen molar-refractivity contribution in [1.82, 2.24) is 0 Å². The molecule has 0 aliphatic heterocycles. The van der Waals surface area contributed by atoms with E-state index in [9.17, 15) is 4.79 Å². The topological polar surface area (TPSA) is 66.6 Å². The molecule has 0 saturated heterocycles. The van der Waals surface area contributed by atoms with Gasteiger partial charge in [-0.1, -0.05) is 24.3 Å². The minimum atomic E-state index is -0.174. The lowest BCUT2D eigenvalue weighted by atomic mass is 10.2. The molecular formula is C20H21ClN3O2+. The number of hydrogen-bond donors (Lipinski definition) is 2. The molecule has 5 nitrogen and oxygen atoms in total. The maximum atomic E-state index is 12.3. The number of hydrogen-bond acceptors (Lipinski definition) is 3. The summed E-state index contributed by atoms with van der Waals surface area (Å²) in [6.45, 7) is 5.05. The Bertz CT molecular complexity index is 813. The van der Waals surface area contributed by atoms with Crippen LogP contribution in [0.2, 0.25) is 5.02 Å². The Hall–Kier alpha value is -2.81. The van der Waals surface area contributed by atoms with Gasteiger partial charge in [0, 0.05) is 10.6 Å². The number of quaternary nitrogens is 1. The molecule has 2 rings (SSSR count). The molecule has 0 aliphatic rings. The van der Waals surface area contributed by atoms with Gasteiger partial charge in [-0.25, -0.2) is 0 Å². The Labute approximate surface area is 158 Å². The minimum absolute atomic E-state index is 0.174. The Morgan fingerprint density at radius 1 is 1.35 bits per heavy atom. The lowest BCUT2D eigenvalue weighted by Gasteiger charge is -2.15. The van der Waals surface area contributed by atoms with Crippen LogP contribution in [-0.2, 0) is 11.3 Å². The van der Waals surface area contributed by atoms with Gasteiger partial charge >= 0.3 is 0 Å². The molecule has 1 unspecified atom stereocenters. The highest BCUT2D eigenvalue weighted by atomic mass is 35.5. The third-order valence-corrected chi connectivity index (χ3v) is 3.87. The number of benzene rings is 2. The van der Waals surface area contributed by atoms with E-state index in [4.69, 9.17) is 21.6 Å². The molecule has 0 heterocycles. The summed E-state index contributed by atoms with van der Waals surface area (Å²) < 4.78 is 5.45. The minimum Gasteiger partial charge on any atom is -0.490 e. The third-order valence-electron chi connectivity index (χ3n) is 3.64. The summed E-state index contributed by atoms with van der Waals surface area (Å²) in [5.41, 5.74) is 1.92. The number of carbonyl (C=O) groups is 1. The average Bonchev–Trinajstić information content (AvgIpc) is 2.61. The molecule has 134 valence electrons. The summed E-state index contributed by atoms with van der Waals surface area (Å²) in [4.78, 5) is 13.3. The Morgan fingerprint density at radius 3 is 2.73 bits per heavy atom. The monoisotopic (exact) mass is 370 g/mol. The standard InChI is InChI=1S/C20H20ClN3O2/c1-3-10-26-18-8-4-15(5-9-18)13-24(2)14-20(25)23-19-11-17(21)7-6-16(19)12-22/h3-9,11H,1,10,13-14H2,2H3,(H,23,25)/p+1. The van der Waals surface area contributed by atoms with Crippen LogP contribution in [0.15, 0.2) is 55.1 Å². The van der Waals surface area contributed by atoms with Gasteiger partial charge in [-0.2, -0.15) is 5.26 Å². The molecule has 0 aromatic heterocycles. The third kappa shape index (κ3) is 5.92. The lowest BCUT2D eigenvalue weighted by Crippen LogP contribution is -3.08. The molecule has 6 heteroatoms. The average molecular weight is 371 g/mol. The van der Waals surface area contributed by atoms with Crippen LogP contribution in [-0.4, -0.2) is 26.1 Å². The smallest absolute Gasteiger partial charge is 0.279 e. The Balaban J connectivity index is 1.90. The number of nitriles is 1. The van der Waals surface area contributed by atoms with Crippen LogP contribution in [0.25, 0.3) is 0 Å². The number of likely N-dealkylation sites (N-methyl/N-ethyl adjacent to an activating group) is 1. The van der Waals surface area contributed by atoms with Crippen LogP contribution < -0.4 is 15.0 Å². The molecule has 1 atom stereocenters. The number of anilines is 1. The van der Waals surface area contributed by atoms with E-state index < -0.39 is 0 Å². The Kier molecular flexibility index (Phi) is 7.22. The fourth-order valence-corrected chi connectivity index (χ4v) is 2.63. The largest absolute Gasteiger partial charge is 0.490 e. The van der Waals surface area contributed by atoms with Crippen molar-refractivity contribution >= 4 is 23.2 Å². The zero-order chi connectivity index (χ0) is 18.9. The molecule has 0 aliphatic carbocycles. The fourth-order valence-electron chi connectivity index (χ4n) is 2.46. The predicted octanol–water partition coefficient (Wildman–Crippen LogP) is 2.43. The van der Waals surface area contributed by atoms with Crippen LogP contribution in [0.1, 0.15) is 11.1 Å². The van der Waals surface area contributed by atoms with Crippen molar-refractivity contribution < 1.29 is 14.4 Å². The molecule has 0 fully saturated rings. The maximum Gasteiger partial charge on any atom is 0.279 e. The summed E-state index contributed by atoms with van der Waals surface area (Å²) in [5, 5.41) is 12.3. The molecule has 26 heavy (non-hydrogen) atoms. The van der Waals surface area contributed by atoms with Gasteiger partial charge in [-0.3, -0.25) is 4.79 Å². The molecule has 2 N–H and O–H groups in total. The second kappa shape index (κ2) is 9.62. The van der Waals surface area contributed by atoms with Crippen molar-refractivity contribution in [2.75, 3.05) is 25.5 Å². The van der Waals surface area contributed by atoms with E-state index in [0.29, 0.717) is 29.4 Å². The SMILES string of the molecule is C=CCOc1ccc(C[NH+](C)CC(=O)Nc2cc(Cl)ccc2C#N)cc1. The number of amides is 1. The number of rotatable bonds is 8. The van der Waals surface area contributed by atoms with Crippen LogP contribution >= 0.6 is 11.6 Å². The van der Waals surface area contributed by atoms with Crippen molar-refractivity contribution in [3.63, 3.8) is 0 Å². The van der Waals surface area contributed by atoms with Crippen molar-refractivity contribution in [3.8, 4) is 11.8 Å². The highest BCUT2D eigenvalue weighted by Gasteiger charge is 2.13. The summed E-state index contributed by atoms with van der Waals surface area (Å²) in [6, 6.07) is 14.6. The van der Waals surface area contributed by atoms with E-state index in [2.05, 4.69) is 11.9 Å². The van der Waals surface area contributed by atoms with E-state index in [1.54, 1.807) is 24.3 Å². The predicted molar refractivity (Wildman–Crippen MR) is 102 cm³/mol. The van der Waals surface area contributed by atoms with Gasteiger partial charge in [0.15, 0.2) is 6.54 Å². The lowest BCUT2D eigenvalue weighted by molar-refractivity contribution is -0.885. The fraction of sp³-hybridized carbons (Fsp3) is 0.200. The van der Waals surface area contributed by atoms with Gasteiger partial charge in [0.05, 0.1) is 18.3 Å². The van der Waals surface area contributed by atoms with Gasteiger partial charge in [0.1, 0.15) is 25.0 Å². The van der Waals surface area contributed by atoms with E-state index in [0.717, 1.165) is 16.2 Å². The van der Waals surface area contributed by atoms with Gasteiger partial charge in [0.2, 0.25) is 0 Å². The first kappa shape index (κ1) is 19.5. The first-order chi connectivity index (χ1) is 12.5. The van der Waals surface area contributed by atoms with Crippen molar-refractivity contribution in [3.05, 3.63) is 71.3 Å². The van der Waals surface area contributed by atoms with Crippen LogP contribution in [0.4, 0.5) is 5.69 Å². The highest BCUT2D eigenvalue weighted by molar-refractivity contribution is 6.31. The van der Waals surface area contributed by atoms with Crippen molar-refractivity contribution in [2.24, 2.45) is 0 Å². The molecular weight excluding hydrogens is 350 g/mol. The van der Waals surface area contributed by atoms with E-state index in [-0.39, 0.29) is 12.5 Å². The van der Waals surface area contributed by atoms with Gasteiger partial charge in [-0.05, 0) is 42.5 Å². The number of halogens is 1. The molecule has 2 aromatic carbocycles. The normalized spacial score (nSPS) is 11.3.